The van der Waals surface area contributed by atoms with Crippen LogP contribution in [0.15, 0.2) is 29.3 Å². The van der Waals surface area contributed by atoms with Gasteiger partial charge >= 0.3 is 5.97 Å². The van der Waals surface area contributed by atoms with Gasteiger partial charge in [-0.25, -0.2) is 0 Å². The van der Waals surface area contributed by atoms with Crippen LogP contribution in [0.2, 0.25) is 0 Å². The van der Waals surface area contributed by atoms with Crippen LogP contribution in [0.3, 0.4) is 0 Å². The van der Waals surface area contributed by atoms with E-state index in [-0.39, 0.29) is 25.8 Å². The molecule has 0 aromatic carbocycles. The molecule has 18 heteroatoms. The van der Waals surface area contributed by atoms with Gasteiger partial charge in [-0.15, -0.1) is 0 Å². The first-order chi connectivity index (χ1) is 18.1. The minimum atomic E-state index is -1.39. The van der Waals surface area contributed by atoms with Crippen LogP contribution in [0.25, 0.3) is 0 Å². The molecule has 0 saturated carbocycles. The smallest absolute Gasteiger partial charge is 0.308 e. The van der Waals surface area contributed by atoms with Gasteiger partial charge in [0, 0.05) is 32.3 Å². The third-order valence-electron chi connectivity index (χ3n) is 5.09. The molecule has 0 aliphatic heterocycles. The van der Waals surface area contributed by atoms with Crippen LogP contribution in [0, 0.1) is 0 Å². The summed E-state index contributed by atoms with van der Waals surface area (Å²) in [6.07, 6.45) is 2.48. The molecule has 1 aromatic heterocycles. The minimum absolute atomic E-state index is 0.0258. The number of carbonyl (C=O) groups is 6. The molecule has 3 unspecified atom stereocenters. The molecule has 0 spiro atoms. The summed E-state index contributed by atoms with van der Waals surface area (Å²) in [4.78, 5) is 79.6. The normalized spacial score (nSPS) is 12.6. The topological polar surface area (TPSA) is 188 Å². The summed E-state index contributed by atoms with van der Waals surface area (Å²) >= 11 is 0. The molecule has 208 valence electrons. The molecule has 5 amide bonds. The lowest BCUT2D eigenvalue weighted by atomic mass is 10.0. The van der Waals surface area contributed by atoms with Gasteiger partial charge in [0.15, 0.2) is 0 Å². The Kier molecular flexibility index (Phi) is 15.6. The number of aromatic nitrogens is 1. The van der Waals surface area contributed by atoms with Crippen LogP contribution in [0.1, 0.15) is 24.8 Å². The molecule has 0 aliphatic rings. The molecule has 0 saturated heterocycles. The molecule has 0 fully saturated rings. The molecule has 0 radical (unpaired) electrons. The molecule has 1 rings (SSSR count). The summed E-state index contributed by atoms with van der Waals surface area (Å²) in [6, 6.07) is -0.252. The number of hydrogen-bond acceptors (Lipinski definition) is 9. The summed E-state index contributed by atoms with van der Waals surface area (Å²) in [6.45, 7) is -0.273. The van der Waals surface area contributed by atoms with Crippen molar-refractivity contribution in [3.8, 4) is 0 Å². The van der Waals surface area contributed by atoms with Crippen molar-refractivity contribution < 1.29 is 33.3 Å². The molecule has 38 heavy (non-hydrogen) atoms. The fourth-order valence-corrected chi connectivity index (χ4v) is 3.69. The summed E-state index contributed by atoms with van der Waals surface area (Å²) in [7, 11) is 10.1. The van der Waals surface area contributed by atoms with Gasteiger partial charge in [-0.05, 0) is 45.9 Å². The summed E-state index contributed by atoms with van der Waals surface area (Å²) in [5.41, 5.74) is 0.622. The Morgan fingerprint density at radius 1 is 1.08 bits per heavy atom. The second-order valence-electron chi connectivity index (χ2n) is 7.89. The quantitative estimate of drug-likeness (QED) is 0.185. The number of nitrogens with one attached hydrogen (secondary N) is 4. The number of nitrogens with zero attached hydrogens (tertiary/aromatic N) is 3. The molecule has 6 atom stereocenters. The zero-order chi connectivity index (χ0) is 28.7. The highest BCUT2D eigenvalue weighted by atomic mass is 31.0. The first kappa shape index (κ1) is 33.4. The van der Waals surface area contributed by atoms with Gasteiger partial charge in [-0.2, -0.15) is 0 Å². The Balaban J connectivity index is 3.14. The van der Waals surface area contributed by atoms with E-state index in [1.807, 2.05) is 18.8 Å². The predicted molar refractivity (Wildman–Crippen MR) is 149 cm³/mol. The molecule has 1 heterocycles. The Morgan fingerprint density at radius 2 is 1.74 bits per heavy atom. The van der Waals surface area contributed by atoms with Crippen LogP contribution in [-0.4, -0.2) is 77.1 Å². The molecule has 1 aromatic rings. The maximum Gasteiger partial charge on any atom is 0.308 e. The van der Waals surface area contributed by atoms with E-state index in [0.29, 0.717) is 5.56 Å². The number of hydrogen-bond donors (Lipinski definition) is 4. The molecular formula is C20H31N7O7P4. The van der Waals surface area contributed by atoms with Gasteiger partial charge in [0.1, 0.15) is 18.1 Å². The second-order valence-corrected chi connectivity index (χ2v) is 8.97. The maximum absolute atomic E-state index is 13.3. The lowest BCUT2D eigenvalue weighted by molar-refractivity contribution is -0.139. The Hall–Kier alpha value is -2.64. The second kappa shape index (κ2) is 17.8. The van der Waals surface area contributed by atoms with Gasteiger partial charge < -0.3 is 30.2 Å². The zero-order valence-corrected chi connectivity index (χ0v) is 25.0. The molecular weight excluding hydrogens is 574 g/mol. The van der Waals surface area contributed by atoms with Crippen LogP contribution < -0.4 is 20.8 Å². The number of amides is 5. The summed E-state index contributed by atoms with van der Waals surface area (Å²) in [5.74, 6) is -3.77. The number of likely N-dealkylation sites (N-methyl/N-ethyl adjacent to an activating group) is 1. The van der Waals surface area contributed by atoms with Crippen molar-refractivity contribution in [3.63, 3.8) is 0 Å². The fraction of sp³-hybridized carbons (Fsp3) is 0.450. The Bertz CT molecular complexity index is 1020. The molecule has 0 bridgehead atoms. The van der Waals surface area contributed by atoms with Gasteiger partial charge in [-0.1, -0.05) is 6.07 Å². The monoisotopic (exact) mass is 605 g/mol. The van der Waals surface area contributed by atoms with Crippen molar-refractivity contribution in [2.45, 2.75) is 43.8 Å². The summed E-state index contributed by atoms with van der Waals surface area (Å²) in [5, 5.41) is 9.65. The van der Waals surface area contributed by atoms with E-state index in [1.54, 1.807) is 27.8 Å². The van der Waals surface area contributed by atoms with E-state index in [2.05, 4.69) is 44.1 Å². The average Bonchev–Trinajstić information content (AvgIpc) is 2.92. The van der Waals surface area contributed by atoms with Crippen LogP contribution in [0.4, 0.5) is 0 Å². The van der Waals surface area contributed by atoms with Gasteiger partial charge in [0.2, 0.25) is 29.5 Å². The maximum atomic E-state index is 13.3. The highest BCUT2D eigenvalue weighted by Gasteiger charge is 2.32. The average molecular weight is 605 g/mol. The van der Waals surface area contributed by atoms with Crippen molar-refractivity contribution in [3.05, 3.63) is 30.1 Å². The Labute approximate surface area is 229 Å². The fourth-order valence-electron chi connectivity index (χ4n) is 3.12. The van der Waals surface area contributed by atoms with Crippen molar-refractivity contribution in [2.75, 3.05) is 13.6 Å². The van der Waals surface area contributed by atoms with Crippen molar-refractivity contribution in [2.24, 2.45) is 4.74 Å². The Morgan fingerprint density at radius 3 is 2.29 bits per heavy atom. The van der Waals surface area contributed by atoms with E-state index < -0.39 is 60.1 Å². The van der Waals surface area contributed by atoms with E-state index in [9.17, 15) is 28.8 Å². The van der Waals surface area contributed by atoms with Gasteiger partial charge in [0.05, 0.1) is 22.4 Å². The highest BCUT2D eigenvalue weighted by molar-refractivity contribution is 7.15. The van der Waals surface area contributed by atoms with Crippen molar-refractivity contribution in [1.29, 1.82) is 0 Å². The minimum Gasteiger partial charge on any atom is -0.452 e. The summed E-state index contributed by atoms with van der Waals surface area (Å²) < 4.78 is 8.22. The largest absolute Gasteiger partial charge is 0.452 e. The SMILES string of the molecule is CN(CC(=O)NP)C(=O)[C@H](Cc1cccnc1)NC(=O)[C@H](CC(=O)NP)NC(=O)[C@H](CCC(=O)OP)N=P. The number of pyridine rings is 1. The first-order valence-electron chi connectivity index (χ1n) is 11.1. The van der Waals surface area contributed by atoms with Crippen LogP contribution >= 0.6 is 37.3 Å². The molecule has 14 nitrogen and oxygen atoms in total. The van der Waals surface area contributed by atoms with Crippen molar-refractivity contribution >= 4 is 72.8 Å². The standard InChI is InChI=1S/C20H31N7O7P4/c1-27(10-16(29)26-37)20(33)14(7-11-3-2-6-21-9-11)23-19(32)13(8-15(28)25-36)22-18(31)12(24-35)4-5-17(30)34-38/h2-3,6,9,12-14,35H,4-5,7-8,10,36-38H2,1H3,(H,22,31)(H,23,32)(H,25,28)(H,26,29)/t12-,13-,14-/m0/s1. The van der Waals surface area contributed by atoms with Gasteiger partial charge in [0.25, 0.3) is 0 Å². The third kappa shape index (κ3) is 11.8. The van der Waals surface area contributed by atoms with Crippen LogP contribution in [0.5, 0.6) is 0 Å². The third-order valence-corrected chi connectivity index (χ3v) is 6.31. The van der Waals surface area contributed by atoms with Gasteiger partial charge in [-0.3, -0.25) is 38.5 Å². The number of carbonyl (C=O) groups excluding carboxylic acids is 6. The zero-order valence-electron chi connectivity index (χ0n) is 20.5. The lowest BCUT2D eigenvalue weighted by Gasteiger charge is -2.26. The highest BCUT2D eigenvalue weighted by Crippen LogP contribution is 2.10. The number of rotatable bonds is 15. The molecule has 4 N–H and O–H groups in total. The predicted octanol–water partition coefficient (Wildman–Crippen LogP) is -0.937. The first-order valence-corrected chi connectivity index (χ1v) is 13.1. The van der Waals surface area contributed by atoms with E-state index >= 15 is 0 Å². The lowest BCUT2D eigenvalue weighted by Crippen LogP contribution is -2.56. The molecule has 0 aliphatic carbocycles. The van der Waals surface area contributed by atoms with Crippen molar-refractivity contribution in [1.82, 2.24) is 30.7 Å². The van der Waals surface area contributed by atoms with E-state index in [0.717, 1.165) is 4.90 Å². The van der Waals surface area contributed by atoms with Crippen LogP contribution in [-0.2, 0) is 39.7 Å². The van der Waals surface area contributed by atoms with E-state index in [1.165, 1.54) is 13.2 Å². The van der Waals surface area contributed by atoms with E-state index in [4.69, 9.17) is 0 Å².